The van der Waals surface area contributed by atoms with Crippen LogP contribution in [0.2, 0.25) is 5.02 Å². The minimum atomic E-state index is -0.136. The van der Waals surface area contributed by atoms with E-state index in [-0.39, 0.29) is 11.7 Å². The van der Waals surface area contributed by atoms with Crippen molar-refractivity contribution in [2.45, 2.75) is 12.1 Å². The lowest BCUT2D eigenvalue weighted by Crippen LogP contribution is -2.32. The van der Waals surface area contributed by atoms with Crippen molar-refractivity contribution in [3.63, 3.8) is 0 Å². The van der Waals surface area contributed by atoms with Gasteiger partial charge in [-0.25, -0.2) is 0 Å². The van der Waals surface area contributed by atoms with Gasteiger partial charge in [0.2, 0.25) is 16.9 Å². The second kappa shape index (κ2) is 10.1. The summed E-state index contributed by atoms with van der Waals surface area (Å²) in [5.41, 5.74) is 1.56. The number of rotatable bonds is 8. The summed E-state index contributed by atoms with van der Waals surface area (Å²) in [5, 5.41) is 18.5. The molecule has 0 N–H and O–H groups in total. The molecular formula is C21H18ClN5O3S2. The van der Waals surface area contributed by atoms with Crippen LogP contribution in [-0.4, -0.2) is 45.7 Å². The Bertz CT molecular complexity index is 1210. The van der Waals surface area contributed by atoms with Crippen LogP contribution in [0.1, 0.15) is 6.92 Å². The lowest BCUT2D eigenvalue weighted by atomic mass is 10.2. The molecule has 4 rings (SSSR count). The summed E-state index contributed by atoms with van der Waals surface area (Å²) in [6.07, 6.45) is 0. The predicted molar refractivity (Wildman–Crippen MR) is 125 cm³/mol. The van der Waals surface area contributed by atoms with Gasteiger partial charge in [0.1, 0.15) is 5.75 Å². The molecule has 0 fully saturated rings. The van der Waals surface area contributed by atoms with Crippen molar-refractivity contribution in [1.82, 2.24) is 20.4 Å². The van der Waals surface area contributed by atoms with Crippen molar-refractivity contribution in [1.29, 1.82) is 0 Å². The fourth-order valence-electron chi connectivity index (χ4n) is 2.81. The molecule has 32 heavy (non-hydrogen) atoms. The van der Waals surface area contributed by atoms with E-state index in [1.165, 1.54) is 23.1 Å². The second-order valence-electron chi connectivity index (χ2n) is 6.40. The van der Waals surface area contributed by atoms with Gasteiger partial charge in [0, 0.05) is 17.7 Å². The van der Waals surface area contributed by atoms with E-state index in [2.05, 4.69) is 20.4 Å². The number of hydrogen-bond donors (Lipinski definition) is 0. The van der Waals surface area contributed by atoms with E-state index in [4.69, 9.17) is 20.8 Å². The SMILES string of the molecule is CCN(C(=O)CSc1nnc(-c2ccc(OC)cc2)o1)c1nnc(-c2ccccc2Cl)s1. The molecule has 11 heteroatoms. The van der Waals surface area contributed by atoms with Gasteiger partial charge >= 0.3 is 0 Å². The summed E-state index contributed by atoms with van der Waals surface area (Å²) >= 11 is 8.74. The van der Waals surface area contributed by atoms with Crippen LogP contribution in [0.3, 0.4) is 0 Å². The number of halogens is 1. The Kier molecular flexibility index (Phi) is 7.03. The summed E-state index contributed by atoms with van der Waals surface area (Å²) in [5.74, 6) is 1.11. The minimum Gasteiger partial charge on any atom is -0.497 e. The monoisotopic (exact) mass is 487 g/mol. The van der Waals surface area contributed by atoms with Crippen LogP contribution in [0.25, 0.3) is 22.0 Å². The van der Waals surface area contributed by atoms with Crippen LogP contribution in [0.15, 0.2) is 58.2 Å². The Hall–Kier alpha value is -2.95. The van der Waals surface area contributed by atoms with Gasteiger partial charge < -0.3 is 9.15 Å². The highest BCUT2D eigenvalue weighted by Gasteiger charge is 2.21. The van der Waals surface area contributed by atoms with Crippen LogP contribution >= 0.6 is 34.7 Å². The Morgan fingerprint density at radius 1 is 1.12 bits per heavy atom. The molecule has 4 aromatic rings. The second-order valence-corrected chi connectivity index (χ2v) is 8.69. The van der Waals surface area contributed by atoms with Crippen LogP contribution in [0.4, 0.5) is 5.13 Å². The third-order valence-electron chi connectivity index (χ3n) is 4.43. The normalized spacial score (nSPS) is 10.8. The number of aromatic nitrogens is 4. The van der Waals surface area contributed by atoms with Crippen LogP contribution in [0, 0.1) is 0 Å². The largest absolute Gasteiger partial charge is 0.497 e. The molecule has 2 aromatic heterocycles. The Balaban J connectivity index is 1.41. The maximum atomic E-state index is 12.8. The molecule has 0 saturated heterocycles. The standard InChI is InChI=1S/C21H18ClN5O3S2/c1-3-27(20-25-24-19(32-20)15-6-4-5-7-16(15)22)17(28)12-31-21-26-23-18(30-21)13-8-10-14(29-2)11-9-13/h4-11H,3,12H2,1-2H3. The fraction of sp³-hybridized carbons (Fsp3) is 0.190. The first kappa shape index (κ1) is 22.3. The average molecular weight is 488 g/mol. The fourth-order valence-corrected chi connectivity index (χ4v) is 4.69. The number of methoxy groups -OCH3 is 1. The van der Waals surface area contributed by atoms with Gasteiger partial charge in [-0.3, -0.25) is 9.69 Å². The molecule has 2 aromatic carbocycles. The molecular weight excluding hydrogens is 470 g/mol. The number of anilines is 1. The molecule has 164 valence electrons. The number of hydrogen-bond acceptors (Lipinski definition) is 9. The molecule has 0 radical (unpaired) electrons. The molecule has 0 bridgehead atoms. The summed E-state index contributed by atoms with van der Waals surface area (Å²) < 4.78 is 10.8. The zero-order valence-corrected chi connectivity index (χ0v) is 19.6. The summed E-state index contributed by atoms with van der Waals surface area (Å²) in [6.45, 7) is 2.34. The summed E-state index contributed by atoms with van der Waals surface area (Å²) in [7, 11) is 1.60. The van der Waals surface area contributed by atoms with Gasteiger partial charge in [0.15, 0.2) is 5.01 Å². The predicted octanol–water partition coefficient (Wildman–Crippen LogP) is 5.06. The number of carbonyl (C=O) groups is 1. The number of benzene rings is 2. The smallest absolute Gasteiger partial charge is 0.277 e. The Morgan fingerprint density at radius 3 is 2.62 bits per heavy atom. The lowest BCUT2D eigenvalue weighted by Gasteiger charge is -2.16. The van der Waals surface area contributed by atoms with Gasteiger partial charge in [-0.1, -0.05) is 52.9 Å². The highest BCUT2D eigenvalue weighted by atomic mass is 35.5. The maximum absolute atomic E-state index is 12.8. The van der Waals surface area contributed by atoms with Gasteiger partial charge in [-0.05, 0) is 37.3 Å². The first-order chi connectivity index (χ1) is 15.6. The molecule has 0 saturated carbocycles. The zero-order chi connectivity index (χ0) is 22.5. The number of carbonyl (C=O) groups excluding carboxylic acids is 1. The highest BCUT2D eigenvalue weighted by molar-refractivity contribution is 7.99. The number of nitrogens with zero attached hydrogens (tertiary/aromatic N) is 5. The molecule has 0 spiro atoms. The van der Waals surface area contributed by atoms with E-state index in [1.807, 2.05) is 49.4 Å². The van der Waals surface area contributed by atoms with Crippen molar-refractivity contribution in [3.05, 3.63) is 53.6 Å². The van der Waals surface area contributed by atoms with Gasteiger partial charge in [-0.2, -0.15) is 0 Å². The average Bonchev–Trinajstić information content (AvgIpc) is 3.49. The highest BCUT2D eigenvalue weighted by Crippen LogP contribution is 2.33. The van der Waals surface area contributed by atoms with Crippen LogP contribution < -0.4 is 9.64 Å². The third-order valence-corrected chi connectivity index (χ3v) is 6.54. The molecule has 0 aliphatic rings. The topological polar surface area (TPSA) is 94.2 Å². The molecule has 0 aliphatic carbocycles. The van der Waals surface area contributed by atoms with E-state index in [0.29, 0.717) is 32.8 Å². The Labute approximate surface area is 197 Å². The van der Waals surface area contributed by atoms with Crippen molar-refractivity contribution >= 4 is 45.7 Å². The number of ether oxygens (including phenoxy) is 1. The van der Waals surface area contributed by atoms with Gasteiger partial charge in [0.25, 0.3) is 5.22 Å². The third kappa shape index (κ3) is 4.93. The van der Waals surface area contributed by atoms with Crippen molar-refractivity contribution < 1.29 is 13.9 Å². The number of thioether (sulfide) groups is 1. The van der Waals surface area contributed by atoms with Crippen LogP contribution in [-0.2, 0) is 4.79 Å². The van der Waals surface area contributed by atoms with E-state index in [9.17, 15) is 4.79 Å². The van der Waals surface area contributed by atoms with E-state index >= 15 is 0 Å². The van der Waals surface area contributed by atoms with Crippen molar-refractivity contribution in [2.24, 2.45) is 0 Å². The lowest BCUT2D eigenvalue weighted by molar-refractivity contribution is -0.116. The quantitative estimate of drug-likeness (QED) is 0.318. The molecule has 0 atom stereocenters. The van der Waals surface area contributed by atoms with Gasteiger partial charge in [0.05, 0.1) is 17.9 Å². The molecule has 0 aliphatic heterocycles. The van der Waals surface area contributed by atoms with Crippen molar-refractivity contribution in [3.8, 4) is 27.8 Å². The molecule has 2 heterocycles. The first-order valence-corrected chi connectivity index (χ1v) is 11.8. The maximum Gasteiger partial charge on any atom is 0.277 e. The molecule has 8 nitrogen and oxygen atoms in total. The van der Waals surface area contributed by atoms with E-state index in [1.54, 1.807) is 18.1 Å². The first-order valence-electron chi connectivity index (χ1n) is 9.58. The Morgan fingerprint density at radius 2 is 1.91 bits per heavy atom. The van der Waals surface area contributed by atoms with E-state index < -0.39 is 0 Å². The van der Waals surface area contributed by atoms with Gasteiger partial charge in [-0.15, -0.1) is 20.4 Å². The summed E-state index contributed by atoms with van der Waals surface area (Å²) in [6, 6.07) is 14.7. The molecule has 1 amide bonds. The minimum absolute atomic E-state index is 0.124. The van der Waals surface area contributed by atoms with Crippen LogP contribution in [0.5, 0.6) is 5.75 Å². The van der Waals surface area contributed by atoms with Crippen molar-refractivity contribution in [2.75, 3.05) is 24.3 Å². The molecule has 0 unspecified atom stereocenters. The number of amides is 1. The zero-order valence-electron chi connectivity index (χ0n) is 17.2. The van der Waals surface area contributed by atoms with E-state index in [0.717, 1.165) is 16.9 Å². The summed E-state index contributed by atoms with van der Waals surface area (Å²) in [4.78, 5) is 14.4.